The molecule has 2 atom stereocenters. The molecule has 0 aliphatic rings. The minimum absolute atomic E-state index is 0.266. The summed E-state index contributed by atoms with van der Waals surface area (Å²) in [4.78, 5) is 10.7. The zero-order valence-electron chi connectivity index (χ0n) is 12.4. The molecule has 2 heteroatoms. The monoisotopic (exact) mass is 262 g/mol. The summed E-state index contributed by atoms with van der Waals surface area (Å²) in [5, 5.41) is 8.80. The Morgan fingerprint density at radius 2 is 1.79 bits per heavy atom. The van der Waals surface area contributed by atoms with Crippen molar-refractivity contribution >= 4 is 5.97 Å². The van der Waals surface area contributed by atoms with Gasteiger partial charge in [-0.05, 0) is 43.6 Å². The first-order valence-corrected chi connectivity index (χ1v) is 7.31. The standard InChI is InChI=1S/C17H26O2/c1-4-5-15(11-8-14(3)12-17(18)19)16-9-6-13(2)7-10-16/h6-7,9-10,14-15H,4-5,8,11-12H2,1-3H3,(H,18,19)/t14-,15?/m0/s1. The lowest BCUT2D eigenvalue weighted by Crippen LogP contribution is -2.07. The third-order valence-electron chi connectivity index (χ3n) is 3.72. The molecule has 19 heavy (non-hydrogen) atoms. The predicted molar refractivity (Wildman–Crippen MR) is 79.5 cm³/mol. The van der Waals surface area contributed by atoms with Gasteiger partial charge in [-0.15, -0.1) is 0 Å². The summed E-state index contributed by atoms with van der Waals surface area (Å²) in [6.07, 6.45) is 4.72. The molecule has 0 bridgehead atoms. The van der Waals surface area contributed by atoms with E-state index in [2.05, 4.69) is 38.1 Å². The van der Waals surface area contributed by atoms with Crippen LogP contribution < -0.4 is 0 Å². The van der Waals surface area contributed by atoms with Crippen molar-refractivity contribution in [2.45, 2.75) is 58.8 Å². The largest absolute Gasteiger partial charge is 0.481 e. The van der Waals surface area contributed by atoms with E-state index in [1.165, 1.54) is 24.0 Å². The van der Waals surface area contributed by atoms with E-state index in [-0.39, 0.29) is 12.3 Å². The SMILES string of the molecule is CCCC(CC[C@H](C)CC(=O)O)c1ccc(C)cc1. The summed E-state index contributed by atoms with van der Waals surface area (Å²) in [7, 11) is 0. The van der Waals surface area contributed by atoms with Gasteiger partial charge in [0.05, 0.1) is 0 Å². The van der Waals surface area contributed by atoms with E-state index in [9.17, 15) is 4.79 Å². The molecule has 0 radical (unpaired) electrons. The van der Waals surface area contributed by atoms with Crippen molar-refractivity contribution in [1.82, 2.24) is 0 Å². The lowest BCUT2D eigenvalue weighted by molar-refractivity contribution is -0.138. The summed E-state index contributed by atoms with van der Waals surface area (Å²) in [6, 6.07) is 8.77. The summed E-state index contributed by atoms with van der Waals surface area (Å²) in [6.45, 7) is 6.35. The van der Waals surface area contributed by atoms with Gasteiger partial charge in [-0.3, -0.25) is 4.79 Å². The van der Waals surface area contributed by atoms with Gasteiger partial charge in [-0.25, -0.2) is 0 Å². The molecule has 1 aromatic carbocycles. The van der Waals surface area contributed by atoms with Gasteiger partial charge in [0.25, 0.3) is 0 Å². The second-order valence-electron chi connectivity index (χ2n) is 5.68. The number of hydrogen-bond acceptors (Lipinski definition) is 1. The minimum Gasteiger partial charge on any atom is -0.481 e. The topological polar surface area (TPSA) is 37.3 Å². The Morgan fingerprint density at radius 1 is 1.16 bits per heavy atom. The highest BCUT2D eigenvalue weighted by Crippen LogP contribution is 2.28. The van der Waals surface area contributed by atoms with Crippen molar-refractivity contribution < 1.29 is 9.90 Å². The normalized spacial score (nSPS) is 14.1. The van der Waals surface area contributed by atoms with Crippen molar-refractivity contribution in [1.29, 1.82) is 0 Å². The van der Waals surface area contributed by atoms with Crippen molar-refractivity contribution in [3.05, 3.63) is 35.4 Å². The van der Waals surface area contributed by atoms with Crippen molar-refractivity contribution in [3.63, 3.8) is 0 Å². The van der Waals surface area contributed by atoms with Crippen LogP contribution in [0, 0.1) is 12.8 Å². The van der Waals surface area contributed by atoms with Crippen LogP contribution in [-0.4, -0.2) is 11.1 Å². The first kappa shape index (κ1) is 15.7. The van der Waals surface area contributed by atoms with Crippen molar-refractivity contribution in [2.24, 2.45) is 5.92 Å². The number of carbonyl (C=O) groups is 1. The summed E-state index contributed by atoms with van der Waals surface area (Å²) >= 11 is 0. The summed E-state index contributed by atoms with van der Waals surface area (Å²) < 4.78 is 0. The number of carboxylic acid groups (broad SMARTS) is 1. The first-order chi connectivity index (χ1) is 9.02. The van der Waals surface area contributed by atoms with Crippen LogP contribution in [0.1, 0.15) is 63.0 Å². The van der Waals surface area contributed by atoms with Crippen LogP contribution in [0.25, 0.3) is 0 Å². The fourth-order valence-electron chi connectivity index (χ4n) is 2.55. The van der Waals surface area contributed by atoms with Crippen LogP contribution in [-0.2, 0) is 4.79 Å². The van der Waals surface area contributed by atoms with E-state index >= 15 is 0 Å². The Bertz CT molecular complexity index is 381. The highest BCUT2D eigenvalue weighted by molar-refractivity contribution is 5.66. The van der Waals surface area contributed by atoms with E-state index in [1.54, 1.807) is 0 Å². The molecule has 0 heterocycles. The highest BCUT2D eigenvalue weighted by atomic mass is 16.4. The van der Waals surface area contributed by atoms with E-state index in [0.717, 1.165) is 12.8 Å². The van der Waals surface area contributed by atoms with Crippen LogP contribution in [0.2, 0.25) is 0 Å². The molecule has 0 amide bonds. The zero-order valence-corrected chi connectivity index (χ0v) is 12.4. The second kappa shape index (κ2) is 7.98. The Morgan fingerprint density at radius 3 is 2.32 bits per heavy atom. The van der Waals surface area contributed by atoms with E-state index < -0.39 is 5.97 Å². The van der Waals surface area contributed by atoms with Crippen molar-refractivity contribution in [3.8, 4) is 0 Å². The molecule has 106 valence electrons. The fraction of sp³-hybridized carbons (Fsp3) is 0.588. The maximum Gasteiger partial charge on any atom is 0.303 e. The number of aryl methyl sites for hydroxylation is 1. The van der Waals surface area contributed by atoms with Crippen molar-refractivity contribution in [2.75, 3.05) is 0 Å². The van der Waals surface area contributed by atoms with Gasteiger partial charge in [0.2, 0.25) is 0 Å². The molecule has 0 fully saturated rings. The van der Waals surface area contributed by atoms with E-state index in [4.69, 9.17) is 5.11 Å². The van der Waals surface area contributed by atoms with Gasteiger partial charge in [0, 0.05) is 6.42 Å². The summed E-state index contributed by atoms with van der Waals surface area (Å²) in [5.41, 5.74) is 2.69. The summed E-state index contributed by atoms with van der Waals surface area (Å²) in [5.74, 6) is 0.152. The number of hydrogen-bond donors (Lipinski definition) is 1. The van der Waals surface area contributed by atoms with Gasteiger partial charge in [0.1, 0.15) is 0 Å². The Kier molecular flexibility index (Phi) is 6.61. The van der Waals surface area contributed by atoms with E-state index in [0.29, 0.717) is 5.92 Å². The number of aliphatic carboxylic acids is 1. The average Bonchev–Trinajstić information content (AvgIpc) is 2.35. The zero-order chi connectivity index (χ0) is 14.3. The number of carboxylic acids is 1. The average molecular weight is 262 g/mol. The second-order valence-corrected chi connectivity index (χ2v) is 5.68. The van der Waals surface area contributed by atoms with Crippen LogP contribution in [0.4, 0.5) is 0 Å². The molecular weight excluding hydrogens is 236 g/mol. The highest BCUT2D eigenvalue weighted by Gasteiger charge is 2.14. The molecule has 0 aromatic heterocycles. The van der Waals surface area contributed by atoms with Crippen LogP contribution in [0.3, 0.4) is 0 Å². The molecule has 0 saturated heterocycles. The Labute approximate surface area is 116 Å². The van der Waals surface area contributed by atoms with Crippen LogP contribution in [0.15, 0.2) is 24.3 Å². The molecule has 2 nitrogen and oxygen atoms in total. The smallest absolute Gasteiger partial charge is 0.303 e. The van der Waals surface area contributed by atoms with E-state index in [1.807, 2.05) is 6.92 Å². The van der Waals surface area contributed by atoms with Gasteiger partial charge in [-0.1, -0.05) is 50.1 Å². The Balaban J connectivity index is 2.57. The third kappa shape index (κ3) is 5.91. The molecule has 0 aliphatic heterocycles. The molecule has 1 unspecified atom stereocenters. The molecule has 0 aliphatic carbocycles. The molecule has 1 aromatic rings. The fourth-order valence-corrected chi connectivity index (χ4v) is 2.55. The molecule has 0 saturated carbocycles. The maximum absolute atomic E-state index is 10.7. The minimum atomic E-state index is -0.685. The first-order valence-electron chi connectivity index (χ1n) is 7.31. The van der Waals surface area contributed by atoms with Crippen LogP contribution in [0.5, 0.6) is 0 Å². The number of rotatable bonds is 8. The van der Waals surface area contributed by atoms with Gasteiger partial charge in [-0.2, -0.15) is 0 Å². The van der Waals surface area contributed by atoms with Gasteiger partial charge >= 0.3 is 5.97 Å². The van der Waals surface area contributed by atoms with Gasteiger partial charge < -0.3 is 5.11 Å². The number of benzene rings is 1. The third-order valence-corrected chi connectivity index (χ3v) is 3.72. The molecule has 1 N–H and O–H groups in total. The Hall–Kier alpha value is -1.31. The lowest BCUT2D eigenvalue weighted by atomic mass is 9.86. The van der Waals surface area contributed by atoms with Gasteiger partial charge in [0.15, 0.2) is 0 Å². The predicted octanol–water partition coefficient (Wildman–Crippen LogP) is 4.77. The lowest BCUT2D eigenvalue weighted by Gasteiger charge is -2.19. The molecule has 0 spiro atoms. The maximum atomic E-state index is 10.7. The van der Waals surface area contributed by atoms with Crippen LogP contribution >= 0.6 is 0 Å². The quantitative estimate of drug-likeness (QED) is 0.732. The molecular formula is C17H26O2. The molecule has 1 rings (SSSR count).